The van der Waals surface area contributed by atoms with Gasteiger partial charge in [-0.05, 0) is 42.6 Å². The second-order valence-corrected chi connectivity index (χ2v) is 5.54. The molecule has 2 aromatic heterocycles. The molecule has 1 aromatic carbocycles. The highest BCUT2D eigenvalue weighted by molar-refractivity contribution is 7.13. The number of nitrogens with zero attached hydrogens (tertiary/aromatic N) is 2. The second-order valence-electron chi connectivity index (χ2n) is 4.59. The topological polar surface area (TPSA) is 91.2 Å². The lowest BCUT2D eigenvalue weighted by Crippen LogP contribution is -2.09. The Hall–Kier alpha value is -2.67. The summed E-state index contributed by atoms with van der Waals surface area (Å²) in [4.78, 5) is 12.9. The molecular weight excluding hydrogens is 302 g/mol. The van der Waals surface area contributed by atoms with Gasteiger partial charge < -0.3 is 14.9 Å². The van der Waals surface area contributed by atoms with Gasteiger partial charge in [0.1, 0.15) is 0 Å². The standard InChI is InChI=1S/C15H13N3O3S/c1-9(20-15(19)10-4-6-11(16)7-5-10)13-17-18-14(21-13)12-3-2-8-22-12/h2-9H,16H2,1H3/t9-/m1/s1. The van der Waals surface area contributed by atoms with Crippen LogP contribution in [0.25, 0.3) is 10.8 Å². The first kappa shape index (κ1) is 14.3. The van der Waals surface area contributed by atoms with Crippen LogP contribution in [0.4, 0.5) is 5.69 Å². The highest BCUT2D eigenvalue weighted by Crippen LogP contribution is 2.26. The molecule has 0 aliphatic rings. The monoisotopic (exact) mass is 315 g/mol. The lowest BCUT2D eigenvalue weighted by atomic mass is 10.2. The van der Waals surface area contributed by atoms with Crippen molar-refractivity contribution in [2.24, 2.45) is 0 Å². The van der Waals surface area contributed by atoms with Gasteiger partial charge in [-0.1, -0.05) is 6.07 Å². The molecule has 0 amide bonds. The van der Waals surface area contributed by atoms with Gasteiger partial charge in [-0.3, -0.25) is 0 Å². The average molecular weight is 315 g/mol. The van der Waals surface area contributed by atoms with E-state index in [1.54, 1.807) is 31.2 Å². The fourth-order valence-corrected chi connectivity index (χ4v) is 2.44. The Kier molecular flexibility index (Phi) is 3.88. The van der Waals surface area contributed by atoms with Gasteiger partial charge in [0, 0.05) is 5.69 Å². The molecule has 0 aliphatic carbocycles. The summed E-state index contributed by atoms with van der Waals surface area (Å²) in [6.07, 6.45) is -0.633. The zero-order valence-electron chi connectivity index (χ0n) is 11.7. The molecule has 0 bridgehead atoms. The Bertz CT molecular complexity index is 766. The third-order valence-corrected chi connectivity index (χ3v) is 3.81. The first-order chi connectivity index (χ1) is 10.6. The van der Waals surface area contributed by atoms with Crippen molar-refractivity contribution in [3.05, 3.63) is 53.2 Å². The zero-order chi connectivity index (χ0) is 15.5. The number of hydrogen-bond acceptors (Lipinski definition) is 7. The molecule has 0 aliphatic heterocycles. The smallest absolute Gasteiger partial charge is 0.338 e. The van der Waals surface area contributed by atoms with Crippen LogP contribution >= 0.6 is 11.3 Å². The summed E-state index contributed by atoms with van der Waals surface area (Å²) in [7, 11) is 0. The molecule has 0 spiro atoms. The molecule has 0 saturated carbocycles. The van der Waals surface area contributed by atoms with Crippen molar-refractivity contribution < 1.29 is 13.9 Å². The first-order valence-corrected chi connectivity index (χ1v) is 7.45. The van der Waals surface area contributed by atoms with Crippen molar-refractivity contribution in [2.75, 3.05) is 5.73 Å². The van der Waals surface area contributed by atoms with Gasteiger partial charge in [-0.15, -0.1) is 21.5 Å². The molecule has 112 valence electrons. The summed E-state index contributed by atoms with van der Waals surface area (Å²) in [6, 6.07) is 10.3. The fraction of sp³-hybridized carbons (Fsp3) is 0.133. The third-order valence-electron chi connectivity index (χ3n) is 2.95. The average Bonchev–Trinajstić information content (AvgIpc) is 3.19. The van der Waals surface area contributed by atoms with E-state index >= 15 is 0 Å². The molecule has 0 radical (unpaired) electrons. The number of hydrogen-bond donors (Lipinski definition) is 1. The van der Waals surface area contributed by atoms with Gasteiger partial charge >= 0.3 is 5.97 Å². The Balaban J connectivity index is 1.70. The van der Waals surface area contributed by atoms with Crippen LogP contribution < -0.4 is 5.73 Å². The minimum atomic E-state index is -0.633. The van der Waals surface area contributed by atoms with Crippen molar-refractivity contribution in [1.82, 2.24) is 10.2 Å². The Morgan fingerprint density at radius 1 is 1.27 bits per heavy atom. The lowest BCUT2D eigenvalue weighted by molar-refractivity contribution is 0.0280. The van der Waals surface area contributed by atoms with E-state index in [0.717, 1.165) is 4.88 Å². The molecule has 3 rings (SSSR count). The third kappa shape index (κ3) is 2.99. The SMILES string of the molecule is C[C@@H](OC(=O)c1ccc(N)cc1)c1nnc(-c2cccs2)o1. The number of rotatable bonds is 4. The van der Waals surface area contributed by atoms with E-state index in [9.17, 15) is 4.79 Å². The van der Waals surface area contributed by atoms with Crippen LogP contribution in [0.2, 0.25) is 0 Å². The largest absolute Gasteiger partial charge is 0.449 e. The number of esters is 1. The molecule has 0 fully saturated rings. The fourth-order valence-electron chi connectivity index (χ4n) is 1.80. The summed E-state index contributed by atoms with van der Waals surface area (Å²) >= 11 is 1.50. The van der Waals surface area contributed by atoms with Crippen molar-refractivity contribution in [1.29, 1.82) is 0 Å². The Morgan fingerprint density at radius 3 is 2.73 bits per heavy atom. The van der Waals surface area contributed by atoms with Crippen LogP contribution in [0.5, 0.6) is 0 Å². The normalized spacial score (nSPS) is 12.0. The van der Waals surface area contributed by atoms with Gasteiger partial charge in [0.05, 0.1) is 10.4 Å². The minimum Gasteiger partial charge on any atom is -0.449 e. The van der Waals surface area contributed by atoms with Crippen LogP contribution in [-0.4, -0.2) is 16.2 Å². The number of benzene rings is 1. The maximum Gasteiger partial charge on any atom is 0.338 e. The van der Waals surface area contributed by atoms with Gasteiger partial charge in [0.2, 0.25) is 0 Å². The maximum atomic E-state index is 12.0. The van der Waals surface area contributed by atoms with E-state index in [2.05, 4.69) is 10.2 Å². The second kappa shape index (κ2) is 5.98. The number of carbonyl (C=O) groups is 1. The number of anilines is 1. The molecule has 0 unspecified atom stereocenters. The molecule has 3 aromatic rings. The predicted molar refractivity (Wildman–Crippen MR) is 82.3 cm³/mol. The Morgan fingerprint density at radius 2 is 2.05 bits per heavy atom. The summed E-state index contributed by atoms with van der Waals surface area (Å²) in [6.45, 7) is 1.68. The van der Waals surface area contributed by atoms with Gasteiger partial charge in [-0.25, -0.2) is 4.79 Å². The number of thiophene rings is 1. The van der Waals surface area contributed by atoms with Gasteiger partial charge in [0.15, 0.2) is 6.10 Å². The van der Waals surface area contributed by atoms with E-state index in [1.165, 1.54) is 11.3 Å². The van der Waals surface area contributed by atoms with Crippen molar-refractivity contribution in [2.45, 2.75) is 13.0 Å². The zero-order valence-corrected chi connectivity index (χ0v) is 12.5. The van der Waals surface area contributed by atoms with Gasteiger partial charge in [-0.2, -0.15) is 0 Å². The van der Waals surface area contributed by atoms with E-state index in [0.29, 0.717) is 17.1 Å². The summed E-state index contributed by atoms with van der Waals surface area (Å²) in [5.41, 5.74) is 6.58. The van der Waals surface area contributed by atoms with Gasteiger partial charge in [0.25, 0.3) is 11.8 Å². The Labute approximate surface area is 130 Å². The van der Waals surface area contributed by atoms with E-state index in [4.69, 9.17) is 14.9 Å². The van der Waals surface area contributed by atoms with Crippen LogP contribution in [0.3, 0.4) is 0 Å². The highest BCUT2D eigenvalue weighted by Gasteiger charge is 2.20. The molecular formula is C15H13N3O3S. The molecule has 7 heteroatoms. The van der Waals surface area contributed by atoms with Crippen molar-refractivity contribution in [3.63, 3.8) is 0 Å². The quantitative estimate of drug-likeness (QED) is 0.586. The van der Waals surface area contributed by atoms with E-state index < -0.39 is 12.1 Å². The molecule has 2 N–H and O–H groups in total. The molecule has 2 heterocycles. The number of nitrogens with two attached hydrogens (primary N) is 1. The number of aromatic nitrogens is 2. The minimum absolute atomic E-state index is 0.257. The lowest BCUT2D eigenvalue weighted by Gasteiger charge is -2.09. The van der Waals surface area contributed by atoms with Crippen LogP contribution in [0, 0.1) is 0 Å². The maximum absolute atomic E-state index is 12.0. The van der Waals surface area contributed by atoms with Crippen LogP contribution in [0.15, 0.2) is 46.2 Å². The number of ether oxygens (including phenoxy) is 1. The first-order valence-electron chi connectivity index (χ1n) is 6.57. The molecule has 6 nitrogen and oxygen atoms in total. The highest BCUT2D eigenvalue weighted by atomic mass is 32.1. The summed E-state index contributed by atoms with van der Waals surface area (Å²) in [5.74, 6) is 0.205. The molecule has 0 saturated heterocycles. The summed E-state index contributed by atoms with van der Waals surface area (Å²) in [5, 5.41) is 9.80. The molecule has 22 heavy (non-hydrogen) atoms. The van der Waals surface area contributed by atoms with Crippen LogP contribution in [-0.2, 0) is 4.74 Å². The van der Waals surface area contributed by atoms with E-state index in [1.807, 2.05) is 17.5 Å². The molecule has 1 atom stereocenters. The van der Waals surface area contributed by atoms with Crippen molar-refractivity contribution >= 4 is 23.0 Å². The van der Waals surface area contributed by atoms with E-state index in [-0.39, 0.29) is 5.89 Å². The summed E-state index contributed by atoms with van der Waals surface area (Å²) < 4.78 is 10.9. The number of carbonyl (C=O) groups excluding carboxylic acids is 1. The number of nitrogen functional groups attached to an aromatic ring is 1. The van der Waals surface area contributed by atoms with Crippen molar-refractivity contribution in [3.8, 4) is 10.8 Å². The predicted octanol–water partition coefficient (Wildman–Crippen LogP) is 3.30. The van der Waals surface area contributed by atoms with Crippen LogP contribution in [0.1, 0.15) is 29.3 Å².